The van der Waals surface area contributed by atoms with Crippen molar-refractivity contribution in [3.05, 3.63) is 71.2 Å². The quantitative estimate of drug-likeness (QED) is 0.294. The van der Waals surface area contributed by atoms with Crippen LogP contribution in [0.3, 0.4) is 0 Å². The van der Waals surface area contributed by atoms with Gasteiger partial charge in [0.05, 0.1) is 5.69 Å². The zero-order valence-electron chi connectivity index (χ0n) is 14.5. The van der Waals surface area contributed by atoms with E-state index in [1.54, 1.807) is 17.4 Å². The molecule has 3 heterocycles. The maximum atomic E-state index is 6.00. The first-order chi connectivity index (χ1) is 13.7. The molecule has 0 aliphatic carbocycles. The van der Waals surface area contributed by atoms with Crippen molar-refractivity contribution in [1.29, 1.82) is 0 Å². The summed E-state index contributed by atoms with van der Waals surface area (Å²) >= 11 is 7.76. The van der Waals surface area contributed by atoms with Gasteiger partial charge in [-0.3, -0.25) is 0 Å². The maximum absolute atomic E-state index is 6.00. The molecule has 28 heavy (non-hydrogen) atoms. The van der Waals surface area contributed by atoms with Gasteiger partial charge in [-0.15, -0.1) is 17.1 Å². The van der Waals surface area contributed by atoms with Gasteiger partial charge in [0.2, 0.25) is 5.95 Å². The molecular formula is C21H14ClN5S. The van der Waals surface area contributed by atoms with Crippen LogP contribution in [0.5, 0.6) is 0 Å². The lowest BCUT2D eigenvalue weighted by atomic mass is 10.0. The van der Waals surface area contributed by atoms with Crippen molar-refractivity contribution >= 4 is 62.2 Å². The Kier molecular flexibility index (Phi) is 4.02. The molecule has 0 amide bonds. The highest BCUT2D eigenvalue weighted by Crippen LogP contribution is 2.41. The lowest BCUT2D eigenvalue weighted by Gasteiger charge is -2.16. The van der Waals surface area contributed by atoms with Gasteiger partial charge in [0, 0.05) is 38.7 Å². The molecule has 2 aromatic carbocycles. The molecule has 136 valence electrons. The first-order valence-corrected chi connectivity index (χ1v) is 9.77. The predicted octanol–water partition coefficient (Wildman–Crippen LogP) is 5.89. The Balaban J connectivity index is 1.64. The summed E-state index contributed by atoms with van der Waals surface area (Å²) in [4.78, 5) is 9.28. The molecule has 4 aromatic rings. The van der Waals surface area contributed by atoms with Crippen molar-refractivity contribution in [2.24, 2.45) is 0 Å². The number of nitrogens with two attached hydrogens (primary N) is 1. The number of nitrogen functional groups attached to an aromatic ring is 1. The van der Waals surface area contributed by atoms with Gasteiger partial charge < -0.3 is 16.4 Å². The Morgan fingerprint density at radius 3 is 2.86 bits per heavy atom. The van der Waals surface area contributed by atoms with Gasteiger partial charge in [0.25, 0.3) is 0 Å². The molecule has 4 N–H and O–H groups in total. The van der Waals surface area contributed by atoms with Crippen LogP contribution in [-0.2, 0) is 0 Å². The van der Waals surface area contributed by atoms with E-state index in [9.17, 15) is 0 Å². The van der Waals surface area contributed by atoms with Crippen molar-refractivity contribution in [3.8, 4) is 10.4 Å². The van der Waals surface area contributed by atoms with Crippen molar-refractivity contribution in [2.45, 2.75) is 0 Å². The Hall–Kier alpha value is -3.31. The van der Waals surface area contributed by atoms with Crippen LogP contribution in [0.15, 0.2) is 60.5 Å². The van der Waals surface area contributed by atoms with E-state index in [2.05, 4.69) is 62.7 Å². The Morgan fingerprint density at radius 1 is 1.11 bits per heavy atom. The lowest BCUT2D eigenvalue weighted by molar-refractivity contribution is 1.18. The van der Waals surface area contributed by atoms with Crippen LogP contribution in [0, 0.1) is 0 Å². The molecule has 5 rings (SSSR count). The number of rotatable bonds is 3. The maximum Gasteiger partial charge on any atom is 0.223 e. The van der Waals surface area contributed by atoms with E-state index in [-0.39, 0.29) is 5.95 Å². The van der Waals surface area contributed by atoms with Crippen molar-refractivity contribution in [3.63, 3.8) is 0 Å². The average Bonchev–Trinajstić information content (AvgIpc) is 3.10. The Bertz CT molecular complexity index is 1230. The molecule has 0 bridgehead atoms. The number of nitrogens with one attached hydrogen (secondary N) is 2. The van der Waals surface area contributed by atoms with Crippen molar-refractivity contribution in [2.75, 3.05) is 16.4 Å². The zero-order chi connectivity index (χ0) is 19.1. The standard InChI is InChI=1S/C21H14ClN5S/c22-18-11-19(27-21(23)26-18)25-14-8-13-5-3-7-24-20(13)15(10-14)17-9-12-4-1-2-6-16(12)28-17/h1-2,4-11,24H,(H3,23,25,26,27). The number of benzene rings is 2. The summed E-state index contributed by atoms with van der Waals surface area (Å²) in [5, 5.41) is 8.13. The number of aromatic nitrogens is 2. The Labute approximate surface area is 170 Å². The molecule has 1 aliphatic heterocycles. The molecule has 7 heteroatoms. The summed E-state index contributed by atoms with van der Waals surface area (Å²) in [6.07, 6.45) is 3.77. The van der Waals surface area contributed by atoms with E-state index in [1.807, 2.05) is 18.3 Å². The number of fused-ring (bicyclic) bond motifs is 2. The van der Waals surface area contributed by atoms with Gasteiger partial charge >= 0.3 is 0 Å². The molecule has 0 fully saturated rings. The number of thiophene rings is 1. The first kappa shape index (κ1) is 16.8. The normalized spacial score (nSPS) is 12.0. The number of halogens is 1. The summed E-state index contributed by atoms with van der Waals surface area (Å²) in [6.45, 7) is 0. The van der Waals surface area contributed by atoms with E-state index in [4.69, 9.17) is 17.3 Å². The fourth-order valence-electron chi connectivity index (χ4n) is 3.21. The molecule has 0 radical (unpaired) electrons. The summed E-state index contributed by atoms with van der Waals surface area (Å²) in [5.74, 6) is 0.671. The molecule has 1 aliphatic rings. The monoisotopic (exact) mass is 403 g/mol. The zero-order valence-corrected chi connectivity index (χ0v) is 16.1. The van der Waals surface area contributed by atoms with Crippen LogP contribution in [0.1, 0.15) is 5.56 Å². The summed E-state index contributed by atoms with van der Waals surface area (Å²) in [5.41, 5.74) is 12.9. The largest absolute Gasteiger partial charge is 0.368 e. The molecule has 0 saturated carbocycles. The second kappa shape index (κ2) is 6.69. The minimum absolute atomic E-state index is 0.127. The Morgan fingerprint density at radius 2 is 2.00 bits per heavy atom. The molecule has 0 spiro atoms. The van der Waals surface area contributed by atoms with Gasteiger partial charge in [-0.05, 0) is 35.7 Å². The van der Waals surface area contributed by atoms with E-state index < -0.39 is 0 Å². The third-order valence-electron chi connectivity index (χ3n) is 4.38. The number of hydrogen-bond donors (Lipinski definition) is 3. The van der Waals surface area contributed by atoms with E-state index in [0.717, 1.165) is 22.5 Å². The van der Waals surface area contributed by atoms with E-state index in [0.29, 0.717) is 11.0 Å². The van der Waals surface area contributed by atoms with Crippen LogP contribution in [-0.4, -0.2) is 9.97 Å². The van der Waals surface area contributed by atoms with Crippen LogP contribution in [0.25, 0.3) is 26.6 Å². The van der Waals surface area contributed by atoms with E-state index >= 15 is 0 Å². The molecule has 0 saturated heterocycles. The van der Waals surface area contributed by atoms with Crippen LogP contribution < -0.4 is 16.4 Å². The van der Waals surface area contributed by atoms with Gasteiger partial charge in [-0.2, -0.15) is 4.98 Å². The van der Waals surface area contributed by atoms with Crippen LogP contribution >= 0.6 is 22.9 Å². The summed E-state index contributed by atoms with van der Waals surface area (Å²) in [7, 11) is 0. The predicted molar refractivity (Wildman–Crippen MR) is 118 cm³/mol. The van der Waals surface area contributed by atoms with Crippen LogP contribution in [0.4, 0.5) is 23.1 Å². The third kappa shape index (κ3) is 3.10. The topological polar surface area (TPSA) is 75.9 Å². The minimum atomic E-state index is 0.127. The van der Waals surface area contributed by atoms with Gasteiger partial charge in [0.15, 0.2) is 0 Å². The lowest BCUT2D eigenvalue weighted by Crippen LogP contribution is -2.02. The molecular weight excluding hydrogens is 390 g/mol. The van der Waals surface area contributed by atoms with Gasteiger partial charge in [-0.25, -0.2) is 4.98 Å². The van der Waals surface area contributed by atoms with Crippen LogP contribution in [0.2, 0.25) is 5.15 Å². The van der Waals surface area contributed by atoms with Crippen molar-refractivity contribution < 1.29 is 0 Å². The second-order valence-electron chi connectivity index (χ2n) is 6.30. The van der Waals surface area contributed by atoms with Gasteiger partial charge in [-0.1, -0.05) is 29.8 Å². The minimum Gasteiger partial charge on any atom is -0.368 e. The SMILES string of the molecule is Nc1nc(Cl)cc(Nc2cc3c(c(-c4cc5ccccc5s4)c2)NC=C=C3)n1. The van der Waals surface area contributed by atoms with Crippen molar-refractivity contribution in [1.82, 2.24) is 9.97 Å². The highest BCUT2D eigenvalue weighted by atomic mass is 35.5. The molecule has 0 unspecified atom stereocenters. The molecule has 5 nitrogen and oxygen atoms in total. The fraction of sp³-hybridized carbons (Fsp3) is 0. The molecule has 0 atom stereocenters. The highest BCUT2D eigenvalue weighted by Gasteiger charge is 2.15. The summed E-state index contributed by atoms with van der Waals surface area (Å²) < 4.78 is 1.25. The number of nitrogens with zero attached hydrogens (tertiary/aromatic N) is 2. The number of hydrogen-bond acceptors (Lipinski definition) is 6. The van der Waals surface area contributed by atoms with Gasteiger partial charge in [0.1, 0.15) is 11.0 Å². The summed E-state index contributed by atoms with van der Waals surface area (Å²) in [6, 6.07) is 16.4. The first-order valence-electron chi connectivity index (χ1n) is 8.57. The highest BCUT2D eigenvalue weighted by molar-refractivity contribution is 7.22. The average molecular weight is 404 g/mol. The molecule has 2 aromatic heterocycles. The smallest absolute Gasteiger partial charge is 0.223 e. The second-order valence-corrected chi connectivity index (χ2v) is 7.77. The fourth-order valence-corrected chi connectivity index (χ4v) is 4.49. The van der Waals surface area contributed by atoms with E-state index in [1.165, 1.54) is 15.0 Å². The number of anilines is 4. The third-order valence-corrected chi connectivity index (χ3v) is 5.73.